The number of hydrogen-bond acceptors (Lipinski definition) is 3. The molecule has 0 aliphatic carbocycles. The van der Waals surface area contributed by atoms with Crippen LogP contribution in [0.5, 0.6) is 0 Å². The van der Waals surface area contributed by atoms with Crippen molar-refractivity contribution in [1.82, 2.24) is 9.69 Å². The first-order valence-electron chi connectivity index (χ1n) is 4.80. The maximum Gasteiger partial charge on any atom is 0.319 e. The molecule has 1 aromatic heterocycles. The van der Waals surface area contributed by atoms with Gasteiger partial charge in [0.05, 0.1) is 5.69 Å². The lowest BCUT2D eigenvalue weighted by Crippen LogP contribution is -2.23. The van der Waals surface area contributed by atoms with E-state index >= 15 is 0 Å². The van der Waals surface area contributed by atoms with Crippen LogP contribution in [0.25, 0.3) is 11.3 Å². The maximum absolute atomic E-state index is 11.1. The minimum Gasteiger partial charge on any atom is -0.341 e. The van der Waals surface area contributed by atoms with Crippen LogP contribution < -0.4 is 10.6 Å². The van der Waals surface area contributed by atoms with Gasteiger partial charge < -0.3 is 5.32 Å². The molecule has 2 amide bonds. The number of rotatable bonds is 2. The van der Waals surface area contributed by atoms with Gasteiger partial charge in [0.2, 0.25) is 0 Å². The number of benzene rings is 1. The number of amides is 2. The Morgan fingerprint density at radius 3 is 2.75 bits per heavy atom. The Bertz CT molecular complexity index is 481. The molecule has 0 unspecified atom stereocenters. The van der Waals surface area contributed by atoms with Gasteiger partial charge in [-0.2, -0.15) is 4.37 Å². The molecule has 2 rings (SSSR count). The molecule has 0 radical (unpaired) electrons. The van der Waals surface area contributed by atoms with Gasteiger partial charge in [-0.25, -0.2) is 4.79 Å². The number of carbonyl (C=O) groups excluding carboxylic acids is 1. The lowest BCUT2D eigenvalue weighted by atomic mass is 10.2. The minimum atomic E-state index is -0.233. The van der Waals surface area contributed by atoms with Gasteiger partial charge in [-0.3, -0.25) is 5.32 Å². The first-order chi connectivity index (χ1) is 7.79. The van der Waals surface area contributed by atoms with Crippen molar-refractivity contribution in [2.75, 3.05) is 12.4 Å². The van der Waals surface area contributed by atoms with E-state index in [1.807, 2.05) is 36.4 Å². The van der Waals surface area contributed by atoms with Gasteiger partial charge in [-0.15, -0.1) is 0 Å². The summed E-state index contributed by atoms with van der Waals surface area (Å²) in [6.07, 6.45) is 0. The zero-order valence-corrected chi connectivity index (χ0v) is 9.54. The summed E-state index contributed by atoms with van der Waals surface area (Å²) >= 11 is 1.27. The van der Waals surface area contributed by atoms with Crippen LogP contribution in [-0.2, 0) is 0 Å². The van der Waals surface area contributed by atoms with Crippen LogP contribution in [0.4, 0.5) is 9.80 Å². The second-order valence-corrected chi connectivity index (χ2v) is 3.95. The highest BCUT2D eigenvalue weighted by Gasteiger charge is 2.05. The van der Waals surface area contributed by atoms with Crippen LogP contribution in [0, 0.1) is 0 Å². The topological polar surface area (TPSA) is 54.0 Å². The summed E-state index contributed by atoms with van der Waals surface area (Å²) in [6, 6.07) is 11.5. The summed E-state index contributed by atoms with van der Waals surface area (Å²) in [5.74, 6) is 0. The van der Waals surface area contributed by atoms with Gasteiger partial charge in [0.15, 0.2) is 0 Å². The Morgan fingerprint density at radius 2 is 2.06 bits per heavy atom. The molecule has 16 heavy (non-hydrogen) atoms. The lowest BCUT2D eigenvalue weighted by molar-refractivity contribution is 0.254. The summed E-state index contributed by atoms with van der Waals surface area (Å²) in [4.78, 5) is 11.1. The molecule has 0 fully saturated rings. The Kier molecular flexibility index (Phi) is 3.16. The smallest absolute Gasteiger partial charge is 0.319 e. The minimum absolute atomic E-state index is 0.233. The largest absolute Gasteiger partial charge is 0.341 e. The third kappa shape index (κ3) is 2.38. The van der Waals surface area contributed by atoms with Crippen molar-refractivity contribution in [1.29, 1.82) is 0 Å². The predicted octanol–water partition coefficient (Wildman–Crippen LogP) is 2.56. The maximum atomic E-state index is 11.1. The number of nitrogens with one attached hydrogen (secondary N) is 2. The molecule has 82 valence electrons. The number of carbonyl (C=O) groups is 1. The summed E-state index contributed by atoms with van der Waals surface area (Å²) in [6.45, 7) is 0. The zero-order chi connectivity index (χ0) is 11.4. The number of urea groups is 1. The van der Waals surface area contributed by atoms with Crippen LogP contribution in [0.1, 0.15) is 0 Å². The number of anilines is 1. The average Bonchev–Trinajstić information content (AvgIpc) is 2.78. The first kappa shape index (κ1) is 10.6. The zero-order valence-electron chi connectivity index (χ0n) is 8.73. The quantitative estimate of drug-likeness (QED) is 0.837. The van der Waals surface area contributed by atoms with E-state index in [9.17, 15) is 4.79 Å². The molecule has 2 aromatic rings. The molecule has 0 saturated heterocycles. The molecule has 2 N–H and O–H groups in total. The number of aromatic nitrogens is 1. The fraction of sp³-hybridized carbons (Fsp3) is 0.0909. The molecular formula is C11H11N3OS. The third-order valence-corrected chi connectivity index (χ3v) is 2.75. The molecule has 0 aliphatic heterocycles. The third-order valence-electron chi connectivity index (χ3n) is 2.04. The average molecular weight is 233 g/mol. The van der Waals surface area contributed by atoms with Crippen LogP contribution in [-0.4, -0.2) is 17.5 Å². The fourth-order valence-electron chi connectivity index (χ4n) is 1.25. The molecule has 1 aromatic carbocycles. The predicted molar refractivity (Wildman–Crippen MR) is 65.6 cm³/mol. The van der Waals surface area contributed by atoms with Gasteiger partial charge in [-0.1, -0.05) is 30.3 Å². The summed E-state index contributed by atoms with van der Waals surface area (Å²) in [5, 5.41) is 5.91. The van der Waals surface area contributed by atoms with Gasteiger partial charge in [0.25, 0.3) is 0 Å². The first-order valence-corrected chi connectivity index (χ1v) is 5.58. The standard InChI is InChI=1S/C11H11N3OS/c1-12-11(15)13-10-7-9(14-16-10)8-5-3-2-4-6-8/h2-7H,1H3,(H2,12,13,15). The summed E-state index contributed by atoms with van der Waals surface area (Å²) in [5.41, 5.74) is 1.92. The van der Waals surface area contributed by atoms with Gasteiger partial charge >= 0.3 is 6.03 Å². The van der Waals surface area contributed by atoms with Crippen molar-refractivity contribution >= 4 is 22.6 Å². The SMILES string of the molecule is CNC(=O)Nc1cc(-c2ccccc2)ns1. The van der Waals surface area contributed by atoms with E-state index in [0.717, 1.165) is 16.3 Å². The Morgan fingerprint density at radius 1 is 1.31 bits per heavy atom. The molecule has 0 saturated carbocycles. The molecular weight excluding hydrogens is 222 g/mol. The van der Waals surface area contributed by atoms with Gasteiger partial charge in [0, 0.05) is 18.7 Å². The van der Waals surface area contributed by atoms with Gasteiger partial charge in [-0.05, 0) is 11.5 Å². The highest BCUT2D eigenvalue weighted by Crippen LogP contribution is 2.24. The van der Waals surface area contributed by atoms with Crippen molar-refractivity contribution < 1.29 is 4.79 Å². The van der Waals surface area contributed by atoms with Crippen molar-refractivity contribution in [3.63, 3.8) is 0 Å². The van der Waals surface area contributed by atoms with Crippen LogP contribution in [0.2, 0.25) is 0 Å². The van der Waals surface area contributed by atoms with E-state index in [1.165, 1.54) is 11.5 Å². The van der Waals surface area contributed by atoms with Crippen LogP contribution in [0.3, 0.4) is 0 Å². The van der Waals surface area contributed by atoms with Crippen molar-refractivity contribution in [3.05, 3.63) is 36.4 Å². The van der Waals surface area contributed by atoms with Crippen LogP contribution >= 0.6 is 11.5 Å². The number of nitrogens with zero attached hydrogens (tertiary/aromatic N) is 1. The molecule has 0 atom stereocenters. The van der Waals surface area contributed by atoms with Crippen molar-refractivity contribution in [3.8, 4) is 11.3 Å². The Labute approximate surface area is 97.5 Å². The fourth-order valence-corrected chi connectivity index (χ4v) is 1.91. The van der Waals surface area contributed by atoms with E-state index in [4.69, 9.17) is 0 Å². The van der Waals surface area contributed by atoms with E-state index < -0.39 is 0 Å². The summed E-state index contributed by atoms with van der Waals surface area (Å²) < 4.78 is 4.27. The normalized spacial score (nSPS) is 9.81. The second kappa shape index (κ2) is 4.76. The lowest BCUT2D eigenvalue weighted by Gasteiger charge is -1.98. The second-order valence-electron chi connectivity index (χ2n) is 3.15. The highest BCUT2D eigenvalue weighted by molar-refractivity contribution is 7.10. The van der Waals surface area contributed by atoms with E-state index in [-0.39, 0.29) is 6.03 Å². The Balaban J connectivity index is 2.17. The molecule has 1 heterocycles. The van der Waals surface area contributed by atoms with E-state index in [0.29, 0.717) is 0 Å². The van der Waals surface area contributed by atoms with Crippen LogP contribution in [0.15, 0.2) is 36.4 Å². The molecule has 0 aliphatic rings. The van der Waals surface area contributed by atoms with Crippen molar-refractivity contribution in [2.45, 2.75) is 0 Å². The molecule has 0 spiro atoms. The molecule has 4 nitrogen and oxygen atoms in total. The van der Waals surface area contributed by atoms with E-state index in [1.54, 1.807) is 7.05 Å². The highest BCUT2D eigenvalue weighted by atomic mass is 32.1. The monoisotopic (exact) mass is 233 g/mol. The molecule has 0 bridgehead atoms. The van der Waals surface area contributed by atoms with Crippen molar-refractivity contribution in [2.24, 2.45) is 0 Å². The molecule has 5 heteroatoms. The van der Waals surface area contributed by atoms with E-state index in [2.05, 4.69) is 15.0 Å². The number of hydrogen-bond donors (Lipinski definition) is 2. The van der Waals surface area contributed by atoms with Gasteiger partial charge in [0.1, 0.15) is 5.00 Å². The summed E-state index contributed by atoms with van der Waals surface area (Å²) in [7, 11) is 1.58. The Hall–Kier alpha value is -1.88.